The van der Waals surface area contributed by atoms with Gasteiger partial charge >= 0.3 is 6.01 Å². The van der Waals surface area contributed by atoms with Gasteiger partial charge in [0.1, 0.15) is 12.4 Å². The number of H-pyrrole nitrogens is 1. The van der Waals surface area contributed by atoms with Gasteiger partial charge in [-0.15, -0.1) is 0 Å². The quantitative estimate of drug-likeness (QED) is 0.512. The fourth-order valence-corrected chi connectivity index (χ4v) is 6.25. The number of fused-ring (bicyclic) bond motifs is 2. The number of nitrogens with one attached hydrogen (secondary N) is 2. The topological polar surface area (TPSA) is 109 Å². The fraction of sp³-hybridized carbons (Fsp3) is 0.571. The predicted octanol–water partition coefficient (Wildman–Crippen LogP) is 2.70. The molecule has 10 nitrogen and oxygen atoms in total. The number of nitriles is 1. The number of piperazine rings is 1. The maximum Gasteiger partial charge on any atom is 0.318 e. The number of nitrogens with zero attached hydrogens (tertiary/aromatic N) is 7. The van der Waals surface area contributed by atoms with E-state index in [-0.39, 0.29) is 6.04 Å². The summed E-state index contributed by atoms with van der Waals surface area (Å²) in [5.74, 6) is 0.975. The predicted molar refractivity (Wildman–Crippen MR) is 148 cm³/mol. The molecule has 2 N–H and O–H groups in total. The van der Waals surface area contributed by atoms with Gasteiger partial charge in [0.15, 0.2) is 0 Å². The normalized spacial score (nSPS) is 22.1. The Hall–Kier alpha value is -3.42. The molecule has 0 bridgehead atoms. The van der Waals surface area contributed by atoms with Crippen LogP contribution in [0, 0.1) is 25.2 Å². The maximum absolute atomic E-state index is 9.28. The van der Waals surface area contributed by atoms with Crippen LogP contribution in [0.1, 0.15) is 41.6 Å². The third-order valence-electron chi connectivity index (χ3n) is 8.54. The highest BCUT2D eigenvalue weighted by Crippen LogP contribution is 2.37. The van der Waals surface area contributed by atoms with Gasteiger partial charge in [-0.25, -0.2) is 0 Å². The second kappa shape index (κ2) is 10.4. The lowest BCUT2D eigenvalue weighted by molar-refractivity contribution is 0.187. The third-order valence-corrected chi connectivity index (χ3v) is 8.54. The molecule has 6 rings (SSSR count). The van der Waals surface area contributed by atoms with E-state index in [4.69, 9.17) is 14.7 Å². The first-order valence-electron chi connectivity index (χ1n) is 13.8. The molecule has 3 aromatic rings. The molecule has 0 aliphatic carbocycles. The first kappa shape index (κ1) is 24.9. The number of hydrogen-bond donors (Lipinski definition) is 2. The van der Waals surface area contributed by atoms with Gasteiger partial charge in [-0.05, 0) is 63.9 Å². The van der Waals surface area contributed by atoms with Crippen LogP contribution in [0.5, 0.6) is 6.01 Å². The minimum absolute atomic E-state index is 0.139. The average Bonchev–Trinajstić information content (AvgIpc) is 3.56. The summed E-state index contributed by atoms with van der Waals surface area (Å²) in [5, 5.41) is 21.4. The molecule has 0 amide bonds. The smallest absolute Gasteiger partial charge is 0.318 e. The zero-order chi connectivity index (χ0) is 26.2. The second-order valence-electron chi connectivity index (χ2n) is 11.0. The number of aromatic nitrogens is 4. The Morgan fingerprint density at radius 3 is 2.89 bits per heavy atom. The molecular formula is C28H37N9O. The van der Waals surface area contributed by atoms with E-state index >= 15 is 0 Å². The van der Waals surface area contributed by atoms with Crippen molar-refractivity contribution in [2.75, 3.05) is 56.2 Å². The lowest BCUT2D eigenvalue weighted by atomic mass is 9.99. The van der Waals surface area contributed by atoms with Crippen LogP contribution >= 0.6 is 0 Å². The van der Waals surface area contributed by atoms with Gasteiger partial charge in [-0.1, -0.05) is 0 Å². The first-order valence-corrected chi connectivity index (χ1v) is 13.8. The number of ether oxygens (including phenoxy) is 1. The van der Waals surface area contributed by atoms with Gasteiger partial charge in [0.2, 0.25) is 0 Å². The number of likely N-dealkylation sites (N-methyl/N-ethyl adjacent to an activating group) is 1. The highest BCUT2D eigenvalue weighted by Gasteiger charge is 2.30. The Morgan fingerprint density at radius 2 is 2.08 bits per heavy atom. The minimum Gasteiger partial charge on any atom is -0.462 e. The molecule has 5 heterocycles. The van der Waals surface area contributed by atoms with E-state index in [0.29, 0.717) is 31.6 Å². The molecule has 3 aliphatic heterocycles. The first-order chi connectivity index (χ1) is 18.5. The SMILES string of the molecule is Cc1cc2[nH]ncc2c(N2CCc3c(nc(OC[C@@H]4CCCN4C)nc3N3CCN[C@@H](CC#N)C3)C2)c1C. The summed E-state index contributed by atoms with van der Waals surface area (Å²) >= 11 is 0. The Bertz CT molecular complexity index is 1360. The van der Waals surface area contributed by atoms with E-state index < -0.39 is 0 Å². The summed E-state index contributed by atoms with van der Waals surface area (Å²) in [5.41, 5.74) is 7.05. The second-order valence-corrected chi connectivity index (χ2v) is 11.0. The molecule has 2 fully saturated rings. The number of hydrogen-bond acceptors (Lipinski definition) is 9. The van der Waals surface area contributed by atoms with E-state index in [1.165, 1.54) is 28.8 Å². The van der Waals surface area contributed by atoms with Crippen LogP contribution in [0.2, 0.25) is 0 Å². The van der Waals surface area contributed by atoms with Crippen LogP contribution in [0.4, 0.5) is 11.5 Å². The summed E-state index contributed by atoms with van der Waals surface area (Å²) in [6.07, 6.45) is 5.62. The van der Waals surface area contributed by atoms with E-state index in [1.54, 1.807) is 0 Å². The van der Waals surface area contributed by atoms with Crippen LogP contribution in [0.25, 0.3) is 10.9 Å². The Kier molecular flexibility index (Phi) is 6.80. The Labute approximate surface area is 224 Å². The zero-order valence-electron chi connectivity index (χ0n) is 22.6. The average molecular weight is 516 g/mol. The van der Waals surface area contributed by atoms with Crippen LogP contribution in [0.15, 0.2) is 12.3 Å². The Balaban J connectivity index is 1.34. The third kappa shape index (κ3) is 4.65. The number of likely N-dealkylation sites (tertiary alicyclic amines) is 1. The molecule has 38 heavy (non-hydrogen) atoms. The van der Waals surface area contributed by atoms with Crippen molar-refractivity contribution in [1.29, 1.82) is 5.26 Å². The van der Waals surface area contributed by atoms with Gasteiger partial charge in [0.05, 0.1) is 42.1 Å². The zero-order valence-corrected chi connectivity index (χ0v) is 22.6. The van der Waals surface area contributed by atoms with Gasteiger partial charge < -0.3 is 24.8 Å². The molecule has 2 atom stereocenters. The highest BCUT2D eigenvalue weighted by molar-refractivity contribution is 5.94. The minimum atomic E-state index is 0.139. The molecule has 0 radical (unpaired) electrons. The summed E-state index contributed by atoms with van der Waals surface area (Å²) < 4.78 is 6.28. The van der Waals surface area contributed by atoms with Crippen molar-refractivity contribution < 1.29 is 4.74 Å². The standard InChI is InChI=1S/C28H37N9O/c1-18-13-24-23(14-31-34-24)26(19(18)2)36-11-7-22-25(16-36)32-28(38-17-21-5-4-10-35(21)3)33-27(22)37-12-9-30-20(15-37)6-8-29/h13-14,20-21,30H,4-7,9-12,15-17H2,1-3H3,(H,31,34)/t20-,21-/m0/s1. The van der Waals surface area contributed by atoms with Gasteiger partial charge in [-0.3, -0.25) is 5.10 Å². The van der Waals surface area contributed by atoms with Gasteiger partial charge in [0, 0.05) is 49.2 Å². The molecule has 2 aromatic heterocycles. The monoisotopic (exact) mass is 515 g/mol. The van der Waals surface area contributed by atoms with Gasteiger partial charge in [0.25, 0.3) is 0 Å². The van der Waals surface area contributed by atoms with E-state index in [2.05, 4.69) is 63.2 Å². The molecule has 1 aromatic carbocycles. The maximum atomic E-state index is 9.28. The van der Waals surface area contributed by atoms with E-state index in [0.717, 1.165) is 68.0 Å². The summed E-state index contributed by atoms with van der Waals surface area (Å²) in [6.45, 7) is 10.1. The highest BCUT2D eigenvalue weighted by atomic mass is 16.5. The molecule has 0 unspecified atom stereocenters. The number of rotatable bonds is 6. The number of aryl methyl sites for hydroxylation is 1. The van der Waals surface area contributed by atoms with Crippen LogP contribution in [-0.4, -0.2) is 83.5 Å². The molecule has 0 spiro atoms. The van der Waals surface area contributed by atoms with Gasteiger partial charge in [-0.2, -0.15) is 20.3 Å². The number of benzene rings is 1. The molecule has 10 heteroatoms. The summed E-state index contributed by atoms with van der Waals surface area (Å²) in [6, 6.07) is 5.50. The van der Waals surface area contributed by atoms with Crippen LogP contribution in [-0.2, 0) is 13.0 Å². The fourth-order valence-electron chi connectivity index (χ4n) is 6.25. The summed E-state index contributed by atoms with van der Waals surface area (Å²) in [4.78, 5) is 17.1. The molecule has 2 saturated heterocycles. The van der Waals surface area contributed by atoms with Crippen molar-refractivity contribution >= 4 is 22.4 Å². The van der Waals surface area contributed by atoms with Crippen molar-refractivity contribution in [1.82, 2.24) is 30.4 Å². The lowest BCUT2D eigenvalue weighted by Crippen LogP contribution is -2.51. The van der Waals surface area contributed by atoms with Crippen LogP contribution < -0.4 is 19.9 Å². The summed E-state index contributed by atoms with van der Waals surface area (Å²) in [7, 11) is 2.16. The van der Waals surface area contributed by atoms with E-state index in [9.17, 15) is 5.26 Å². The largest absolute Gasteiger partial charge is 0.462 e. The lowest BCUT2D eigenvalue weighted by Gasteiger charge is -2.37. The Morgan fingerprint density at radius 1 is 1.18 bits per heavy atom. The van der Waals surface area contributed by atoms with Crippen molar-refractivity contribution in [3.8, 4) is 12.1 Å². The van der Waals surface area contributed by atoms with Crippen LogP contribution in [0.3, 0.4) is 0 Å². The molecule has 200 valence electrons. The molecule has 0 saturated carbocycles. The van der Waals surface area contributed by atoms with E-state index in [1.807, 2.05) is 6.20 Å². The number of aromatic amines is 1. The van der Waals surface area contributed by atoms with Crippen molar-refractivity contribution in [2.24, 2.45) is 0 Å². The van der Waals surface area contributed by atoms with Crippen molar-refractivity contribution in [2.45, 2.75) is 58.2 Å². The molecular weight excluding hydrogens is 478 g/mol. The number of anilines is 2. The van der Waals surface area contributed by atoms with Crippen molar-refractivity contribution in [3.05, 3.63) is 34.6 Å². The van der Waals surface area contributed by atoms with Crippen molar-refractivity contribution in [3.63, 3.8) is 0 Å². The molecule has 3 aliphatic rings.